The van der Waals surface area contributed by atoms with E-state index in [9.17, 15) is 0 Å². The molecule has 0 saturated carbocycles. The predicted molar refractivity (Wildman–Crippen MR) is 115 cm³/mol. The molecule has 6 rings (SSSR count). The molecule has 30 heavy (non-hydrogen) atoms. The second-order valence-electron chi connectivity index (χ2n) is 8.90. The summed E-state index contributed by atoms with van der Waals surface area (Å²) < 4.78 is 5.41. The second kappa shape index (κ2) is 7.25. The Bertz CT molecular complexity index is 1050. The van der Waals surface area contributed by atoms with Crippen LogP contribution in [0.25, 0.3) is 22.3 Å². The van der Waals surface area contributed by atoms with Gasteiger partial charge in [0.1, 0.15) is 5.82 Å². The molecule has 0 aromatic carbocycles. The van der Waals surface area contributed by atoms with Crippen molar-refractivity contribution in [1.82, 2.24) is 24.8 Å². The maximum Gasteiger partial charge on any atom is 0.162 e. The Labute approximate surface area is 176 Å². The van der Waals surface area contributed by atoms with Crippen molar-refractivity contribution in [1.29, 1.82) is 0 Å². The van der Waals surface area contributed by atoms with Crippen LogP contribution in [0.4, 0.5) is 5.82 Å². The van der Waals surface area contributed by atoms with E-state index in [-0.39, 0.29) is 0 Å². The molecule has 0 N–H and O–H groups in total. The first-order valence-corrected chi connectivity index (χ1v) is 10.9. The molecule has 0 unspecified atom stereocenters. The summed E-state index contributed by atoms with van der Waals surface area (Å²) in [4.78, 5) is 23.3. The van der Waals surface area contributed by atoms with Crippen LogP contribution in [0.1, 0.15) is 19.3 Å². The molecule has 3 aromatic rings. The van der Waals surface area contributed by atoms with Gasteiger partial charge in [-0.05, 0) is 49.4 Å². The van der Waals surface area contributed by atoms with E-state index in [1.54, 1.807) is 12.4 Å². The van der Waals surface area contributed by atoms with Crippen molar-refractivity contribution in [3.63, 3.8) is 0 Å². The minimum absolute atomic E-state index is 0.463. The predicted octanol–water partition coefficient (Wildman–Crippen LogP) is 2.78. The number of hydrogen-bond donors (Lipinski definition) is 0. The molecule has 0 bridgehead atoms. The first-order chi connectivity index (χ1) is 14.8. The summed E-state index contributed by atoms with van der Waals surface area (Å²) in [6.45, 7) is 6.37. The van der Waals surface area contributed by atoms with E-state index in [0.717, 1.165) is 54.4 Å². The Morgan fingerprint density at radius 2 is 1.67 bits per heavy atom. The Morgan fingerprint density at radius 1 is 0.900 bits per heavy atom. The van der Waals surface area contributed by atoms with E-state index in [1.165, 1.54) is 32.4 Å². The Kier molecular flexibility index (Phi) is 4.39. The molecule has 0 radical (unpaired) electrons. The fourth-order valence-corrected chi connectivity index (χ4v) is 5.15. The van der Waals surface area contributed by atoms with E-state index in [1.807, 2.05) is 30.6 Å². The van der Waals surface area contributed by atoms with Gasteiger partial charge < -0.3 is 9.64 Å². The zero-order chi connectivity index (χ0) is 20.0. The van der Waals surface area contributed by atoms with Gasteiger partial charge in [-0.25, -0.2) is 9.97 Å². The molecule has 3 fully saturated rings. The molecule has 6 heterocycles. The Balaban J connectivity index is 1.27. The average molecular weight is 403 g/mol. The lowest BCUT2D eigenvalue weighted by Crippen LogP contribution is -2.49. The molecule has 3 aromatic heterocycles. The zero-order valence-corrected chi connectivity index (χ0v) is 17.1. The highest BCUT2D eigenvalue weighted by atomic mass is 16.5. The van der Waals surface area contributed by atoms with E-state index in [0.29, 0.717) is 11.5 Å². The molecular weight excluding hydrogens is 376 g/mol. The normalized spacial score (nSPS) is 21.9. The molecule has 154 valence electrons. The van der Waals surface area contributed by atoms with Crippen LogP contribution in [0.15, 0.2) is 43.0 Å². The highest BCUT2D eigenvalue weighted by molar-refractivity contribution is 5.90. The van der Waals surface area contributed by atoms with Crippen molar-refractivity contribution < 1.29 is 4.74 Å². The van der Waals surface area contributed by atoms with Gasteiger partial charge in [-0.1, -0.05) is 0 Å². The summed E-state index contributed by atoms with van der Waals surface area (Å²) >= 11 is 0. The third-order valence-corrected chi connectivity index (χ3v) is 7.15. The smallest absolute Gasteiger partial charge is 0.162 e. The maximum atomic E-state index is 5.41. The minimum atomic E-state index is 0.463. The number of fused-ring (bicyclic) bond motifs is 1. The number of piperidine rings is 1. The van der Waals surface area contributed by atoms with Crippen molar-refractivity contribution in [2.24, 2.45) is 5.41 Å². The average Bonchev–Trinajstić information content (AvgIpc) is 3.15. The van der Waals surface area contributed by atoms with Crippen LogP contribution in [0, 0.1) is 5.41 Å². The fraction of sp³-hybridized carbons (Fsp3) is 0.478. The topological polar surface area (TPSA) is 67.3 Å². The number of pyridine rings is 2. The number of anilines is 1. The van der Waals surface area contributed by atoms with E-state index in [4.69, 9.17) is 14.7 Å². The van der Waals surface area contributed by atoms with E-state index in [2.05, 4.69) is 19.8 Å². The van der Waals surface area contributed by atoms with E-state index >= 15 is 0 Å². The van der Waals surface area contributed by atoms with Crippen molar-refractivity contribution in [2.45, 2.75) is 25.3 Å². The van der Waals surface area contributed by atoms with Gasteiger partial charge in [-0.3, -0.25) is 14.9 Å². The summed E-state index contributed by atoms with van der Waals surface area (Å²) in [5.74, 6) is 1.77. The van der Waals surface area contributed by atoms with Gasteiger partial charge in [-0.2, -0.15) is 0 Å². The molecule has 0 amide bonds. The second-order valence-corrected chi connectivity index (χ2v) is 8.90. The van der Waals surface area contributed by atoms with Crippen molar-refractivity contribution >= 4 is 16.7 Å². The molecule has 0 atom stereocenters. The molecule has 7 heteroatoms. The van der Waals surface area contributed by atoms with Crippen LogP contribution in [-0.2, 0) is 4.74 Å². The molecule has 1 spiro atoms. The Morgan fingerprint density at radius 3 is 2.43 bits per heavy atom. The van der Waals surface area contributed by atoms with Gasteiger partial charge in [0, 0.05) is 49.2 Å². The lowest BCUT2D eigenvalue weighted by molar-refractivity contribution is -0.0608. The highest BCUT2D eigenvalue weighted by Gasteiger charge is 2.44. The largest absolute Gasteiger partial charge is 0.378 e. The maximum absolute atomic E-state index is 5.41. The lowest BCUT2D eigenvalue weighted by atomic mass is 9.77. The van der Waals surface area contributed by atoms with Crippen LogP contribution in [0.5, 0.6) is 0 Å². The van der Waals surface area contributed by atoms with Crippen molar-refractivity contribution in [3.05, 3.63) is 43.0 Å². The van der Waals surface area contributed by atoms with Crippen molar-refractivity contribution in [3.8, 4) is 11.4 Å². The summed E-state index contributed by atoms with van der Waals surface area (Å²) in [5.41, 5.74) is 2.34. The fourth-order valence-electron chi connectivity index (χ4n) is 5.15. The van der Waals surface area contributed by atoms with Gasteiger partial charge in [0.05, 0.1) is 31.0 Å². The number of aromatic nitrogens is 4. The number of hydrogen-bond acceptors (Lipinski definition) is 7. The molecule has 0 aliphatic carbocycles. The summed E-state index contributed by atoms with van der Waals surface area (Å²) in [7, 11) is 0. The summed E-state index contributed by atoms with van der Waals surface area (Å²) in [6, 6.07) is 6.62. The van der Waals surface area contributed by atoms with E-state index < -0.39 is 0 Å². The standard InChI is InChI=1S/C23H26N6O/c1-7-24-8-2-17(1)21-26-20-13-25-9-3-19(20)22(27-21)28-10-4-23(5-11-28)6-12-29(16-23)18-14-30-15-18/h1-3,7-9,13,18H,4-6,10-12,14-16H2. The van der Waals surface area contributed by atoms with Gasteiger partial charge in [0.15, 0.2) is 5.82 Å². The highest BCUT2D eigenvalue weighted by Crippen LogP contribution is 2.43. The van der Waals surface area contributed by atoms with Crippen LogP contribution >= 0.6 is 0 Å². The summed E-state index contributed by atoms with van der Waals surface area (Å²) in [5, 5.41) is 1.08. The van der Waals surface area contributed by atoms with Crippen LogP contribution in [-0.4, -0.2) is 70.3 Å². The van der Waals surface area contributed by atoms with Gasteiger partial charge >= 0.3 is 0 Å². The number of ether oxygens (including phenoxy) is 1. The Hall–Kier alpha value is -2.64. The lowest BCUT2D eigenvalue weighted by Gasteiger charge is -2.41. The number of likely N-dealkylation sites (tertiary alicyclic amines) is 1. The van der Waals surface area contributed by atoms with Crippen molar-refractivity contribution in [2.75, 3.05) is 44.3 Å². The molecule has 7 nitrogen and oxygen atoms in total. The number of rotatable bonds is 3. The molecule has 3 aliphatic heterocycles. The minimum Gasteiger partial charge on any atom is -0.378 e. The molecule has 3 aliphatic rings. The van der Waals surface area contributed by atoms with Gasteiger partial charge in [0.2, 0.25) is 0 Å². The SMILES string of the molecule is c1cc(-c2nc(N3CCC4(CC3)CCN(C3COC3)C4)c3ccncc3n2)ccn1. The van der Waals surface area contributed by atoms with Gasteiger partial charge in [0.25, 0.3) is 0 Å². The quantitative estimate of drug-likeness (QED) is 0.667. The molecule has 3 saturated heterocycles. The third kappa shape index (κ3) is 3.13. The first-order valence-electron chi connectivity index (χ1n) is 10.9. The summed E-state index contributed by atoms with van der Waals surface area (Å²) in [6.07, 6.45) is 11.0. The number of nitrogens with zero attached hydrogens (tertiary/aromatic N) is 6. The zero-order valence-electron chi connectivity index (χ0n) is 17.1. The van der Waals surface area contributed by atoms with Crippen LogP contribution in [0.2, 0.25) is 0 Å². The monoisotopic (exact) mass is 402 g/mol. The van der Waals surface area contributed by atoms with Crippen LogP contribution in [0.3, 0.4) is 0 Å². The first kappa shape index (κ1) is 18.2. The third-order valence-electron chi connectivity index (χ3n) is 7.15. The van der Waals surface area contributed by atoms with Crippen LogP contribution < -0.4 is 4.90 Å². The molecular formula is C23H26N6O. The van der Waals surface area contributed by atoms with Gasteiger partial charge in [-0.15, -0.1) is 0 Å².